The van der Waals surface area contributed by atoms with Gasteiger partial charge in [-0.1, -0.05) is 0 Å². The molecule has 1 aliphatic rings. The average Bonchev–Trinajstić information content (AvgIpc) is 3.04. The van der Waals surface area contributed by atoms with E-state index in [1.54, 1.807) is 20.8 Å². The number of carbonyl (C=O) groups excluding carboxylic acids is 1. The van der Waals surface area contributed by atoms with Crippen LogP contribution in [0.2, 0.25) is 0 Å². The molecule has 1 aliphatic heterocycles. The summed E-state index contributed by atoms with van der Waals surface area (Å²) >= 11 is 0. The molecule has 176 valence electrons. The lowest BCUT2D eigenvalue weighted by Gasteiger charge is -2.19. The summed E-state index contributed by atoms with van der Waals surface area (Å²) < 4.78 is 22.7. The van der Waals surface area contributed by atoms with Gasteiger partial charge in [0, 0.05) is 24.7 Å². The summed E-state index contributed by atoms with van der Waals surface area (Å²) in [6.07, 6.45) is -1.24. The van der Waals surface area contributed by atoms with E-state index in [-0.39, 0.29) is 32.1 Å². The number of nitrogen functional groups attached to an aromatic ring is 1. The first-order valence-electron chi connectivity index (χ1n) is 10.0. The number of hydrogen-bond acceptors (Lipinski definition) is 10. The third kappa shape index (κ3) is 8.07. The molecule has 3 atom stereocenters. The molecule has 0 aliphatic carbocycles. The van der Waals surface area contributed by atoms with Gasteiger partial charge in [-0.3, -0.25) is 4.57 Å². The van der Waals surface area contributed by atoms with Crippen LogP contribution in [0.3, 0.4) is 0 Å². The Morgan fingerprint density at radius 2 is 2.06 bits per heavy atom. The monoisotopic (exact) mass is 444 g/mol. The number of alkyl carbamates (subject to hydrolysis) is 1. The molecule has 0 saturated carbocycles. The molecule has 0 aromatic carbocycles. The molecule has 0 unspecified atom stereocenters. The van der Waals surface area contributed by atoms with E-state index >= 15 is 0 Å². The van der Waals surface area contributed by atoms with Gasteiger partial charge < -0.3 is 40.2 Å². The maximum Gasteiger partial charge on any atom is 0.407 e. The quantitative estimate of drug-likeness (QED) is 0.346. The summed E-state index contributed by atoms with van der Waals surface area (Å²) in [5, 5.41) is 21.6. The second-order valence-electron chi connectivity index (χ2n) is 8.05. The van der Waals surface area contributed by atoms with Gasteiger partial charge in [0.15, 0.2) is 0 Å². The van der Waals surface area contributed by atoms with Crippen LogP contribution in [-0.2, 0) is 25.6 Å². The molecule has 2 heterocycles. The Kier molecular flexibility index (Phi) is 9.19. The largest absolute Gasteiger partial charge is 0.444 e. The molecular weight excluding hydrogens is 412 g/mol. The van der Waals surface area contributed by atoms with Gasteiger partial charge in [-0.2, -0.15) is 4.98 Å². The third-order valence-electron chi connectivity index (χ3n) is 4.30. The Hall–Kier alpha value is -2.25. The van der Waals surface area contributed by atoms with E-state index in [0.29, 0.717) is 25.3 Å². The number of rotatable bonds is 10. The number of nitrogens with two attached hydrogens (primary N) is 1. The number of nitrogens with zero attached hydrogens (tertiary/aromatic N) is 2. The SMILES string of the molecule is CC(C)(C)OC(=O)NCCOCCOCc1cn([C@H]2C[C@H](O)[C@@H](CO)O2)c(=O)nc1N. The standard InChI is InChI=1S/C19H32N4O8/c1-19(2,3)31-18(27)21-4-5-28-6-7-29-11-12-9-23(17(26)22-16(12)20)15-8-13(25)14(10-24)30-15/h9,13-15,24-25H,4-8,10-11H2,1-3H3,(H,21,27)(H2,20,22,26)/t13-,14+,15+/m0/s1. The van der Waals surface area contributed by atoms with Crippen molar-refractivity contribution in [2.45, 2.75) is 57.8 Å². The van der Waals surface area contributed by atoms with Crippen molar-refractivity contribution in [3.63, 3.8) is 0 Å². The normalized spacial score (nSPS) is 21.3. The Bertz CT molecular complexity index is 779. The summed E-state index contributed by atoms with van der Waals surface area (Å²) in [5.41, 5.74) is 5.12. The molecule has 1 aromatic heterocycles. The van der Waals surface area contributed by atoms with Crippen LogP contribution in [0, 0.1) is 0 Å². The molecular formula is C19H32N4O8. The van der Waals surface area contributed by atoms with Crippen molar-refractivity contribution in [1.82, 2.24) is 14.9 Å². The minimum absolute atomic E-state index is 0.0426. The van der Waals surface area contributed by atoms with Gasteiger partial charge in [-0.05, 0) is 20.8 Å². The number of aliphatic hydroxyl groups is 2. The van der Waals surface area contributed by atoms with Crippen LogP contribution in [0.1, 0.15) is 39.0 Å². The molecule has 1 saturated heterocycles. The molecule has 0 bridgehead atoms. The number of anilines is 1. The maximum atomic E-state index is 12.1. The molecule has 0 radical (unpaired) electrons. The first-order valence-corrected chi connectivity index (χ1v) is 10.0. The van der Waals surface area contributed by atoms with Gasteiger partial charge >= 0.3 is 11.8 Å². The Morgan fingerprint density at radius 1 is 1.35 bits per heavy atom. The summed E-state index contributed by atoms with van der Waals surface area (Å²) in [7, 11) is 0. The zero-order chi connectivity index (χ0) is 23.0. The highest BCUT2D eigenvalue weighted by Gasteiger charge is 2.35. The predicted molar refractivity (Wildman–Crippen MR) is 109 cm³/mol. The van der Waals surface area contributed by atoms with Gasteiger partial charge in [0.2, 0.25) is 0 Å². The molecule has 1 amide bonds. The van der Waals surface area contributed by atoms with Crippen molar-refractivity contribution in [3.05, 3.63) is 22.2 Å². The highest BCUT2D eigenvalue weighted by molar-refractivity contribution is 5.67. The predicted octanol–water partition coefficient (Wildman–Crippen LogP) is -0.476. The number of ether oxygens (including phenoxy) is 4. The highest BCUT2D eigenvalue weighted by atomic mass is 16.6. The van der Waals surface area contributed by atoms with Crippen molar-refractivity contribution in [2.24, 2.45) is 0 Å². The van der Waals surface area contributed by atoms with E-state index in [0.717, 1.165) is 0 Å². The van der Waals surface area contributed by atoms with E-state index in [4.69, 9.17) is 24.7 Å². The van der Waals surface area contributed by atoms with Crippen LogP contribution in [-0.4, -0.2) is 76.6 Å². The zero-order valence-corrected chi connectivity index (χ0v) is 18.1. The van der Waals surface area contributed by atoms with Crippen molar-refractivity contribution in [3.8, 4) is 0 Å². The molecule has 2 rings (SSSR count). The fourth-order valence-electron chi connectivity index (χ4n) is 2.83. The lowest BCUT2D eigenvalue weighted by Crippen LogP contribution is -2.34. The first-order chi connectivity index (χ1) is 14.6. The summed E-state index contributed by atoms with van der Waals surface area (Å²) in [6.45, 7) is 6.24. The molecule has 1 fully saturated rings. The smallest absolute Gasteiger partial charge is 0.407 e. The van der Waals surface area contributed by atoms with Crippen molar-refractivity contribution >= 4 is 11.9 Å². The Balaban J connectivity index is 1.72. The lowest BCUT2D eigenvalue weighted by atomic mass is 10.2. The number of nitrogens with one attached hydrogen (secondary N) is 1. The van der Waals surface area contributed by atoms with Crippen LogP contribution in [0.25, 0.3) is 0 Å². The van der Waals surface area contributed by atoms with Crippen molar-refractivity contribution in [2.75, 3.05) is 38.7 Å². The highest BCUT2D eigenvalue weighted by Crippen LogP contribution is 2.27. The molecule has 0 spiro atoms. The lowest BCUT2D eigenvalue weighted by molar-refractivity contribution is -0.0460. The molecule has 1 aromatic rings. The number of carbonyl (C=O) groups is 1. The van der Waals surface area contributed by atoms with Gasteiger partial charge in [-0.25, -0.2) is 9.59 Å². The second-order valence-corrected chi connectivity index (χ2v) is 8.05. The van der Waals surface area contributed by atoms with E-state index in [1.807, 2.05) is 0 Å². The molecule has 12 nitrogen and oxygen atoms in total. The van der Waals surface area contributed by atoms with E-state index in [1.165, 1.54) is 10.8 Å². The van der Waals surface area contributed by atoms with Gasteiger partial charge in [-0.15, -0.1) is 0 Å². The number of hydrogen-bond donors (Lipinski definition) is 4. The summed E-state index contributed by atoms with van der Waals surface area (Å²) in [4.78, 5) is 27.4. The number of aliphatic hydroxyl groups excluding tert-OH is 2. The minimum atomic E-state index is -0.874. The minimum Gasteiger partial charge on any atom is -0.444 e. The third-order valence-corrected chi connectivity index (χ3v) is 4.30. The van der Waals surface area contributed by atoms with E-state index < -0.39 is 35.8 Å². The van der Waals surface area contributed by atoms with Crippen LogP contribution >= 0.6 is 0 Å². The fourth-order valence-corrected chi connectivity index (χ4v) is 2.83. The molecule has 12 heteroatoms. The fraction of sp³-hybridized carbons (Fsp3) is 0.737. The average molecular weight is 444 g/mol. The van der Waals surface area contributed by atoms with Crippen LogP contribution in [0.5, 0.6) is 0 Å². The van der Waals surface area contributed by atoms with Crippen molar-refractivity contribution < 1.29 is 34.0 Å². The molecule has 5 N–H and O–H groups in total. The van der Waals surface area contributed by atoms with Gasteiger partial charge in [0.1, 0.15) is 23.8 Å². The van der Waals surface area contributed by atoms with Gasteiger partial charge in [0.05, 0.1) is 39.1 Å². The second kappa shape index (κ2) is 11.4. The topological polar surface area (TPSA) is 167 Å². The van der Waals surface area contributed by atoms with Crippen LogP contribution in [0.15, 0.2) is 11.0 Å². The van der Waals surface area contributed by atoms with E-state index in [2.05, 4.69) is 10.3 Å². The summed E-state index contributed by atoms with van der Waals surface area (Å²) in [5.74, 6) is 0.0426. The Labute approximate surface area is 180 Å². The van der Waals surface area contributed by atoms with E-state index in [9.17, 15) is 19.8 Å². The maximum absolute atomic E-state index is 12.1. The van der Waals surface area contributed by atoms with Crippen LogP contribution in [0.4, 0.5) is 10.6 Å². The summed E-state index contributed by atoms with van der Waals surface area (Å²) in [6, 6.07) is 0. The number of amides is 1. The zero-order valence-electron chi connectivity index (χ0n) is 18.1. The first kappa shape index (κ1) is 25.0. The number of aromatic nitrogens is 2. The van der Waals surface area contributed by atoms with Crippen LogP contribution < -0.4 is 16.7 Å². The van der Waals surface area contributed by atoms with Gasteiger partial charge in [0.25, 0.3) is 0 Å². The molecule has 31 heavy (non-hydrogen) atoms. The Morgan fingerprint density at radius 3 is 2.71 bits per heavy atom. The van der Waals surface area contributed by atoms with Crippen molar-refractivity contribution in [1.29, 1.82) is 0 Å².